The van der Waals surface area contributed by atoms with Crippen molar-refractivity contribution in [2.45, 2.75) is 12.7 Å². The summed E-state index contributed by atoms with van der Waals surface area (Å²) in [4.78, 5) is 14.1. The minimum absolute atomic E-state index is 0.0559. The van der Waals surface area contributed by atoms with Gasteiger partial charge in [0.1, 0.15) is 6.17 Å². The highest BCUT2D eigenvalue weighted by atomic mass is 16.2. The van der Waals surface area contributed by atoms with Crippen LogP contribution in [0.1, 0.15) is 17.3 Å². The van der Waals surface area contributed by atoms with E-state index in [0.29, 0.717) is 6.54 Å². The molecule has 4 rings (SSSR count). The van der Waals surface area contributed by atoms with E-state index in [4.69, 9.17) is 0 Å². The summed E-state index contributed by atoms with van der Waals surface area (Å²) in [5.41, 5.74) is 3.24. The second kappa shape index (κ2) is 6.29. The smallest absolute Gasteiger partial charge is 0.235 e. The van der Waals surface area contributed by atoms with Gasteiger partial charge >= 0.3 is 0 Å². The Morgan fingerprint density at radius 2 is 1.96 bits per heavy atom. The maximum Gasteiger partial charge on any atom is 0.235 e. The monoisotopic (exact) mass is 318 g/mol. The molecule has 1 aliphatic heterocycles. The van der Waals surface area contributed by atoms with Crippen LogP contribution < -0.4 is 5.32 Å². The van der Waals surface area contributed by atoms with Gasteiger partial charge in [-0.25, -0.2) is 4.68 Å². The molecule has 1 aliphatic rings. The molecule has 2 heterocycles. The Labute approximate surface area is 140 Å². The molecule has 24 heavy (non-hydrogen) atoms. The van der Waals surface area contributed by atoms with Crippen molar-refractivity contribution in [1.82, 2.24) is 20.0 Å². The Morgan fingerprint density at radius 3 is 2.75 bits per heavy atom. The van der Waals surface area contributed by atoms with Crippen molar-refractivity contribution in [3.8, 4) is 5.69 Å². The molecule has 0 spiro atoms. The van der Waals surface area contributed by atoms with Crippen molar-refractivity contribution >= 4 is 5.91 Å². The van der Waals surface area contributed by atoms with Gasteiger partial charge in [-0.15, -0.1) is 0 Å². The van der Waals surface area contributed by atoms with Gasteiger partial charge < -0.3 is 5.32 Å². The number of carbonyl (C=O) groups is 1. The molecule has 1 fully saturated rings. The molecule has 1 aromatic heterocycles. The van der Waals surface area contributed by atoms with E-state index in [2.05, 4.69) is 33.5 Å². The molecule has 1 atom stereocenters. The Kier molecular flexibility index (Phi) is 3.84. The SMILES string of the molecule is O=C1CN(Cc2ccccc2)[C@H](c2cccc(-n3cccn3)c2)N1. The summed E-state index contributed by atoms with van der Waals surface area (Å²) in [5, 5.41) is 7.34. The summed E-state index contributed by atoms with van der Waals surface area (Å²) in [6, 6.07) is 20.2. The first-order valence-corrected chi connectivity index (χ1v) is 7.97. The summed E-state index contributed by atoms with van der Waals surface area (Å²) < 4.78 is 1.82. The van der Waals surface area contributed by atoms with E-state index >= 15 is 0 Å². The number of benzene rings is 2. The van der Waals surface area contributed by atoms with Crippen LogP contribution in [-0.2, 0) is 11.3 Å². The lowest BCUT2D eigenvalue weighted by atomic mass is 10.1. The molecule has 3 aromatic rings. The van der Waals surface area contributed by atoms with Crippen LogP contribution in [0.5, 0.6) is 0 Å². The van der Waals surface area contributed by atoms with Gasteiger partial charge in [0, 0.05) is 18.9 Å². The fraction of sp³-hybridized carbons (Fsp3) is 0.158. The third-order valence-corrected chi connectivity index (χ3v) is 4.19. The summed E-state index contributed by atoms with van der Waals surface area (Å²) in [7, 11) is 0. The first-order chi connectivity index (χ1) is 11.8. The summed E-state index contributed by atoms with van der Waals surface area (Å²) in [6.07, 6.45) is 3.55. The van der Waals surface area contributed by atoms with E-state index in [1.807, 2.05) is 53.3 Å². The zero-order valence-corrected chi connectivity index (χ0v) is 13.2. The number of aromatic nitrogens is 2. The first kappa shape index (κ1) is 14.7. The van der Waals surface area contributed by atoms with Crippen LogP contribution in [0.2, 0.25) is 0 Å². The Bertz CT molecular complexity index is 830. The van der Waals surface area contributed by atoms with Crippen molar-refractivity contribution in [3.05, 3.63) is 84.2 Å². The van der Waals surface area contributed by atoms with Crippen LogP contribution in [0, 0.1) is 0 Å². The molecule has 1 saturated heterocycles. The number of nitrogens with zero attached hydrogens (tertiary/aromatic N) is 3. The number of amides is 1. The zero-order valence-electron chi connectivity index (χ0n) is 13.2. The third kappa shape index (κ3) is 2.94. The summed E-state index contributed by atoms with van der Waals surface area (Å²) in [6.45, 7) is 1.14. The fourth-order valence-corrected chi connectivity index (χ4v) is 3.08. The molecule has 5 heteroatoms. The predicted molar refractivity (Wildman–Crippen MR) is 91.3 cm³/mol. The van der Waals surface area contributed by atoms with Crippen LogP contribution in [0.3, 0.4) is 0 Å². The van der Waals surface area contributed by atoms with Crippen LogP contribution in [0.4, 0.5) is 0 Å². The van der Waals surface area contributed by atoms with Crippen LogP contribution in [-0.4, -0.2) is 27.1 Å². The molecule has 0 aliphatic carbocycles. The van der Waals surface area contributed by atoms with Crippen molar-refractivity contribution in [2.24, 2.45) is 0 Å². The highest BCUT2D eigenvalue weighted by Gasteiger charge is 2.30. The van der Waals surface area contributed by atoms with Gasteiger partial charge in [-0.3, -0.25) is 9.69 Å². The van der Waals surface area contributed by atoms with Gasteiger partial charge in [-0.05, 0) is 29.3 Å². The molecule has 0 bridgehead atoms. The number of hydrogen-bond acceptors (Lipinski definition) is 3. The van der Waals surface area contributed by atoms with Crippen LogP contribution in [0.15, 0.2) is 73.1 Å². The molecular formula is C19H18N4O. The minimum atomic E-state index is -0.117. The standard InChI is InChI=1S/C19H18N4O/c24-18-14-22(13-15-6-2-1-3-7-15)19(21-18)16-8-4-9-17(12-16)23-11-5-10-20-23/h1-12,19H,13-14H2,(H,21,24)/t19-/m1/s1. The maximum absolute atomic E-state index is 12.0. The lowest BCUT2D eigenvalue weighted by Crippen LogP contribution is -2.27. The minimum Gasteiger partial charge on any atom is -0.335 e. The largest absolute Gasteiger partial charge is 0.335 e. The average molecular weight is 318 g/mol. The molecular weight excluding hydrogens is 300 g/mol. The van der Waals surface area contributed by atoms with E-state index in [9.17, 15) is 4.79 Å². The van der Waals surface area contributed by atoms with E-state index in [0.717, 1.165) is 17.8 Å². The fourth-order valence-electron chi connectivity index (χ4n) is 3.08. The lowest BCUT2D eigenvalue weighted by molar-refractivity contribution is -0.118. The Morgan fingerprint density at radius 1 is 1.08 bits per heavy atom. The number of nitrogens with one attached hydrogen (secondary N) is 1. The predicted octanol–water partition coefficient (Wildman–Crippen LogP) is 2.50. The lowest BCUT2D eigenvalue weighted by Gasteiger charge is -2.24. The van der Waals surface area contributed by atoms with E-state index in [1.54, 1.807) is 6.20 Å². The zero-order chi connectivity index (χ0) is 16.4. The van der Waals surface area contributed by atoms with Crippen molar-refractivity contribution in [2.75, 3.05) is 6.54 Å². The van der Waals surface area contributed by atoms with Crippen molar-refractivity contribution in [1.29, 1.82) is 0 Å². The van der Waals surface area contributed by atoms with Crippen LogP contribution in [0.25, 0.3) is 5.69 Å². The van der Waals surface area contributed by atoms with Crippen molar-refractivity contribution < 1.29 is 4.79 Å². The normalized spacial score (nSPS) is 17.8. The molecule has 5 nitrogen and oxygen atoms in total. The molecule has 1 N–H and O–H groups in total. The second-order valence-electron chi connectivity index (χ2n) is 5.91. The number of carbonyl (C=O) groups excluding carboxylic acids is 1. The van der Waals surface area contributed by atoms with Crippen molar-refractivity contribution in [3.63, 3.8) is 0 Å². The first-order valence-electron chi connectivity index (χ1n) is 7.97. The molecule has 0 unspecified atom stereocenters. The number of rotatable bonds is 4. The quantitative estimate of drug-likeness (QED) is 0.804. The highest BCUT2D eigenvalue weighted by molar-refractivity contribution is 5.80. The third-order valence-electron chi connectivity index (χ3n) is 4.19. The molecule has 120 valence electrons. The molecule has 0 saturated carbocycles. The molecule has 1 amide bonds. The van der Waals surface area contributed by atoms with E-state index < -0.39 is 0 Å². The Balaban J connectivity index is 1.62. The van der Waals surface area contributed by atoms with Gasteiger partial charge in [0.25, 0.3) is 0 Å². The topological polar surface area (TPSA) is 50.2 Å². The van der Waals surface area contributed by atoms with Gasteiger partial charge in [0.2, 0.25) is 5.91 Å². The second-order valence-corrected chi connectivity index (χ2v) is 5.91. The van der Waals surface area contributed by atoms with Gasteiger partial charge in [0.15, 0.2) is 0 Å². The van der Waals surface area contributed by atoms with Crippen LogP contribution >= 0.6 is 0 Å². The molecule has 2 aromatic carbocycles. The molecule has 0 radical (unpaired) electrons. The van der Waals surface area contributed by atoms with Gasteiger partial charge in [-0.2, -0.15) is 5.10 Å². The summed E-state index contributed by atoms with van der Waals surface area (Å²) >= 11 is 0. The average Bonchev–Trinajstić information content (AvgIpc) is 3.26. The highest BCUT2D eigenvalue weighted by Crippen LogP contribution is 2.25. The van der Waals surface area contributed by atoms with E-state index in [1.165, 1.54) is 5.56 Å². The maximum atomic E-state index is 12.0. The number of hydrogen-bond donors (Lipinski definition) is 1. The van der Waals surface area contributed by atoms with E-state index in [-0.39, 0.29) is 12.1 Å². The summed E-state index contributed by atoms with van der Waals surface area (Å²) in [5.74, 6) is 0.0559. The van der Waals surface area contributed by atoms with Gasteiger partial charge in [-0.1, -0.05) is 42.5 Å². The van der Waals surface area contributed by atoms with Gasteiger partial charge in [0.05, 0.1) is 12.2 Å². The Hall–Kier alpha value is -2.92.